The Morgan fingerprint density at radius 3 is 2.77 bits per heavy atom. The molecule has 0 radical (unpaired) electrons. The number of hydrogen-bond donors (Lipinski definition) is 3. The van der Waals surface area contributed by atoms with Gasteiger partial charge in [-0.15, -0.1) is 0 Å². The number of aryl methyl sites for hydroxylation is 1. The van der Waals surface area contributed by atoms with Crippen LogP contribution in [0.4, 0.5) is 5.82 Å². The SMILES string of the molecule is Cc1ccnc(N)c1C(O)C(=O)O. The highest BCUT2D eigenvalue weighted by molar-refractivity contribution is 5.76. The van der Waals surface area contributed by atoms with Gasteiger partial charge >= 0.3 is 5.97 Å². The van der Waals surface area contributed by atoms with E-state index in [9.17, 15) is 9.90 Å². The lowest BCUT2D eigenvalue weighted by Crippen LogP contribution is -2.14. The maximum absolute atomic E-state index is 10.5. The van der Waals surface area contributed by atoms with Gasteiger partial charge in [0.25, 0.3) is 0 Å². The second-order valence-corrected chi connectivity index (χ2v) is 2.67. The van der Waals surface area contributed by atoms with Gasteiger partial charge in [0.15, 0.2) is 6.10 Å². The summed E-state index contributed by atoms with van der Waals surface area (Å²) in [5.41, 5.74) is 6.20. The number of aliphatic hydroxyl groups is 1. The summed E-state index contributed by atoms with van der Waals surface area (Å²) in [6.45, 7) is 1.67. The average Bonchev–Trinajstić information content (AvgIpc) is 2.03. The van der Waals surface area contributed by atoms with Gasteiger partial charge in [-0.1, -0.05) is 0 Å². The van der Waals surface area contributed by atoms with E-state index in [4.69, 9.17) is 10.8 Å². The summed E-state index contributed by atoms with van der Waals surface area (Å²) in [7, 11) is 0. The van der Waals surface area contributed by atoms with Gasteiger partial charge < -0.3 is 15.9 Å². The fourth-order valence-electron chi connectivity index (χ4n) is 1.07. The summed E-state index contributed by atoms with van der Waals surface area (Å²) in [5.74, 6) is -1.28. The van der Waals surface area contributed by atoms with Crippen LogP contribution in [0.5, 0.6) is 0 Å². The van der Waals surface area contributed by atoms with Crippen LogP contribution >= 0.6 is 0 Å². The number of hydrogen-bond acceptors (Lipinski definition) is 4. The van der Waals surface area contributed by atoms with Crippen LogP contribution in [0.2, 0.25) is 0 Å². The fourth-order valence-corrected chi connectivity index (χ4v) is 1.07. The molecule has 1 aromatic heterocycles. The second-order valence-electron chi connectivity index (χ2n) is 2.67. The molecule has 70 valence electrons. The molecule has 4 N–H and O–H groups in total. The molecule has 0 bridgehead atoms. The molecule has 5 nitrogen and oxygen atoms in total. The molecule has 13 heavy (non-hydrogen) atoms. The summed E-state index contributed by atoms with van der Waals surface area (Å²) in [6, 6.07) is 1.60. The smallest absolute Gasteiger partial charge is 0.337 e. The van der Waals surface area contributed by atoms with E-state index in [1.807, 2.05) is 0 Å². The molecule has 0 fully saturated rings. The van der Waals surface area contributed by atoms with E-state index in [1.54, 1.807) is 13.0 Å². The van der Waals surface area contributed by atoms with Crippen molar-refractivity contribution in [2.45, 2.75) is 13.0 Å². The van der Waals surface area contributed by atoms with E-state index < -0.39 is 12.1 Å². The van der Waals surface area contributed by atoms with Gasteiger partial charge in [-0.05, 0) is 18.6 Å². The van der Waals surface area contributed by atoms with Gasteiger partial charge in [-0.25, -0.2) is 9.78 Å². The number of nitrogen functional groups attached to an aromatic ring is 1. The van der Waals surface area contributed by atoms with Crippen LogP contribution in [0, 0.1) is 6.92 Å². The van der Waals surface area contributed by atoms with Crippen LogP contribution in [0.15, 0.2) is 12.3 Å². The third-order valence-electron chi connectivity index (χ3n) is 1.75. The van der Waals surface area contributed by atoms with Crippen molar-refractivity contribution in [3.05, 3.63) is 23.4 Å². The predicted octanol–water partition coefficient (Wildman–Crippen LogP) is 0.0902. The molecule has 0 saturated carbocycles. The second kappa shape index (κ2) is 3.40. The number of carboxylic acids is 1. The molecular formula is C8H10N2O3. The van der Waals surface area contributed by atoms with Gasteiger partial charge in [0, 0.05) is 11.8 Å². The molecule has 0 spiro atoms. The van der Waals surface area contributed by atoms with Gasteiger partial charge in [0.2, 0.25) is 0 Å². The first kappa shape index (κ1) is 9.47. The van der Waals surface area contributed by atoms with E-state index >= 15 is 0 Å². The van der Waals surface area contributed by atoms with Crippen molar-refractivity contribution >= 4 is 11.8 Å². The molecule has 0 saturated heterocycles. The Bertz CT molecular complexity index is 318. The first-order chi connectivity index (χ1) is 6.04. The first-order valence-electron chi connectivity index (χ1n) is 3.66. The van der Waals surface area contributed by atoms with Crippen molar-refractivity contribution < 1.29 is 15.0 Å². The minimum atomic E-state index is -1.60. The van der Waals surface area contributed by atoms with Crippen molar-refractivity contribution in [1.29, 1.82) is 0 Å². The molecule has 1 atom stereocenters. The van der Waals surface area contributed by atoms with E-state index in [1.165, 1.54) is 6.20 Å². The van der Waals surface area contributed by atoms with E-state index in [0.717, 1.165) is 0 Å². The van der Waals surface area contributed by atoms with Crippen molar-refractivity contribution in [2.24, 2.45) is 0 Å². The van der Waals surface area contributed by atoms with Crippen LogP contribution in [0.3, 0.4) is 0 Å². The number of aliphatic hydroxyl groups excluding tert-OH is 1. The molecule has 0 aliphatic heterocycles. The monoisotopic (exact) mass is 182 g/mol. The quantitative estimate of drug-likeness (QED) is 0.602. The van der Waals surface area contributed by atoms with Crippen LogP contribution in [-0.4, -0.2) is 21.2 Å². The molecular weight excluding hydrogens is 172 g/mol. The van der Waals surface area contributed by atoms with Crippen LogP contribution in [0.1, 0.15) is 17.2 Å². The van der Waals surface area contributed by atoms with Crippen LogP contribution < -0.4 is 5.73 Å². The standard InChI is InChI=1S/C8H10N2O3/c1-4-2-3-10-7(9)5(4)6(11)8(12)13/h2-3,6,11H,1H3,(H2,9,10)(H,12,13). The highest BCUT2D eigenvalue weighted by Gasteiger charge is 2.21. The highest BCUT2D eigenvalue weighted by atomic mass is 16.4. The zero-order valence-corrected chi connectivity index (χ0v) is 7.06. The number of aromatic nitrogens is 1. The van der Waals surface area contributed by atoms with Crippen molar-refractivity contribution in [3.63, 3.8) is 0 Å². The average molecular weight is 182 g/mol. The molecule has 0 aliphatic carbocycles. The Morgan fingerprint density at radius 2 is 2.31 bits per heavy atom. The van der Waals surface area contributed by atoms with Gasteiger partial charge in [0.05, 0.1) is 0 Å². The zero-order chi connectivity index (χ0) is 10.0. The first-order valence-corrected chi connectivity index (χ1v) is 3.66. The fraction of sp³-hybridized carbons (Fsp3) is 0.250. The minimum absolute atomic E-state index is 0.0508. The van der Waals surface area contributed by atoms with Gasteiger partial charge in [-0.3, -0.25) is 0 Å². The maximum Gasteiger partial charge on any atom is 0.337 e. The number of aliphatic carboxylic acids is 1. The van der Waals surface area contributed by atoms with Gasteiger partial charge in [0.1, 0.15) is 5.82 Å². The number of carboxylic acid groups (broad SMARTS) is 1. The molecule has 1 rings (SSSR count). The minimum Gasteiger partial charge on any atom is -0.479 e. The molecule has 5 heteroatoms. The van der Waals surface area contributed by atoms with Crippen molar-refractivity contribution in [3.8, 4) is 0 Å². The van der Waals surface area contributed by atoms with E-state index in [0.29, 0.717) is 5.56 Å². The zero-order valence-electron chi connectivity index (χ0n) is 7.06. The van der Waals surface area contributed by atoms with Crippen molar-refractivity contribution in [2.75, 3.05) is 5.73 Å². The molecule has 0 aliphatic rings. The molecule has 0 aromatic carbocycles. The Balaban J connectivity index is 3.20. The summed E-state index contributed by atoms with van der Waals surface area (Å²) >= 11 is 0. The van der Waals surface area contributed by atoms with Gasteiger partial charge in [-0.2, -0.15) is 0 Å². The van der Waals surface area contributed by atoms with Crippen LogP contribution in [0.25, 0.3) is 0 Å². The van der Waals surface area contributed by atoms with E-state index in [-0.39, 0.29) is 11.4 Å². The number of nitrogens with two attached hydrogens (primary N) is 1. The Hall–Kier alpha value is -1.62. The molecule has 1 heterocycles. The molecule has 0 amide bonds. The van der Waals surface area contributed by atoms with E-state index in [2.05, 4.69) is 4.98 Å². The predicted molar refractivity (Wildman–Crippen MR) is 46.0 cm³/mol. The lowest BCUT2D eigenvalue weighted by Gasteiger charge is -2.10. The van der Waals surface area contributed by atoms with Crippen molar-refractivity contribution in [1.82, 2.24) is 4.98 Å². The number of pyridine rings is 1. The Labute approximate surface area is 74.8 Å². The third kappa shape index (κ3) is 1.75. The Morgan fingerprint density at radius 1 is 1.69 bits per heavy atom. The summed E-state index contributed by atoms with van der Waals surface area (Å²) < 4.78 is 0. The molecule has 1 unspecified atom stereocenters. The number of nitrogens with zero attached hydrogens (tertiary/aromatic N) is 1. The number of anilines is 1. The number of carbonyl (C=O) groups is 1. The summed E-state index contributed by atoms with van der Waals surface area (Å²) in [6.07, 6.45) is -0.142. The van der Waals surface area contributed by atoms with Crippen LogP contribution in [-0.2, 0) is 4.79 Å². The largest absolute Gasteiger partial charge is 0.479 e. The normalized spacial score (nSPS) is 12.5. The topological polar surface area (TPSA) is 96.4 Å². The summed E-state index contributed by atoms with van der Waals surface area (Å²) in [4.78, 5) is 14.2. The molecule has 1 aromatic rings. The maximum atomic E-state index is 10.5. The highest BCUT2D eigenvalue weighted by Crippen LogP contribution is 2.21. The third-order valence-corrected chi connectivity index (χ3v) is 1.75. The lowest BCUT2D eigenvalue weighted by molar-refractivity contribution is -0.146. The Kier molecular flexibility index (Phi) is 2.48. The lowest BCUT2D eigenvalue weighted by atomic mass is 10.1. The number of rotatable bonds is 2. The summed E-state index contributed by atoms with van der Waals surface area (Å²) in [5, 5.41) is 17.8.